The van der Waals surface area contributed by atoms with Crippen molar-refractivity contribution in [3.8, 4) is 22.4 Å². The summed E-state index contributed by atoms with van der Waals surface area (Å²) in [7, 11) is 1.57. The van der Waals surface area contributed by atoms with Crippen molar-refractivity contribution >= 4 is 11.3 Å². The molecule has 0 aliphatic carbocycles. The molecular weight excluding hydrogens is 278 g/mol. The topological polar surface area (TPSA) is 81.3 Å². The second-order valence-electron chi connectivity index (χ2n) is 4.04. The molecule has 6 nitrogen and oxygen atoms in total. The van der Waals surface area contributed by atoms with Gasteiger partial charge in [0.1, 0.15) is 10.6 Å². The Bertz CT molecular complexity index is 706. The zero-order valence-electron chi connectivity index (χ0n) is 10.6. The molecule has 0 amide bonds. The van der Waals surface area contributed by atoms with E-state index in [1.807, 2.05) is 6.07 Å². The van der Waals surface area contributed by atoms with Crippen LogP contribution in [0.4, 0.5) is 0 Å². The Kier molecular flexibility index (Phi) is 3.34. The second-order valence-corrected chi connectivity index (χ2v) is 4.95. The van der Waals surface area contributed by atoms with E-state index in [-0.39, 0.29) is 5.75 Å². The highest BCUT2D eigenvalue weighted by Crippen LogP contribution is 2.33. The van der Waals surface area contributed by atoms with Gasteiger partial charge in [0.05, 0.1) is 7.11 Å². The third-order valence-electron chi connectivity index (χ3n) is 2.68. The number of nitrogens with zero attached hydrogens (tertiary/aromatic N) is 3. The van der Waals surface area contributed by atoms with Gasteiger partial charge in [-0.05, 0) is 17.0 Å². The lowest BCUT2D eigenvalue weighted by molar-refractivity contribution is 0.397. The first-order valence-corrected chi connectivity index (χ1v) is 6.72. The van der Waals surface area contributed by atoms with E-state index in [0.717, 1.165) is 5.56 Å². The molecule has 0 saturated heterocycles. The van der Waals surface area contributed by atoms with Crippen molar-refractivity contribution in [2.75, 3.05) is 7.11 Å². The monoisotopic (exact) mass is 289 g/mol. The van der Waals surface area contributed by atoms with Gasteiger partial charge < -0.3 is 14.4 Å². The lowest BCUT2D eigenvalue weighted by Gasteiger charge is -1.99. The normalized spacial score (nSPS) is 10.7. The van der Waals surface area contributed by atoms with Gasteiger partial charge in [0.25, 0.3) is 5.89 Å². The lowest BCUT2D eigenvalue weighted by Crippen LogP contribution is -1.93. The molecule has 0 spiro atoms. The van der Waals surface area contributed by atoms with Crippen molar-refractivity contribution in [3.63, 3.8) is 0 Å². The van der Waals surface area contributed by atoms with Crippen LogP contribution in [0.15, 0.2) is 34.3 Å². The largest absolute Gasteiger partial charge is 0.506 e. The van der Waals surface area contributed by atoms with Crippen LogP contribution in [0, 0.1) is 0 Å². The summed E-state index contributed by atoms with van der Waals surface area (Å²) in [5, 5.41) is 15.3. The van der Waals surface area contributed by atoms with E-state index in [0.29, 0.717) is 28.9 Å². The zero-order valence-corrected chi connectivity index (χ0v) is 11.4. The average molecular weight is 289 g/mol. The van der Waals surface area contributed by atoms with Crippen LogP contribution < -0.4 is 4.74 Å². The molecule has 0 radical (unpaired) electrons. The summed E-state index contributed by atoms with van der Waals surface area (Å²) < 4.78 is 10.1. The van der Waals surface area contributed by atoms with Gasteiger partial charge in [-0.15, -0.1) is 11.3 Å². The van der Waals surface area contributed by atoms with E-state index in [2.05, 4.69) is 15.1 Å². The van der Waals surface area contributed by atoms with Gasteiger partial charge in [-0.3, -0.25) is 0 Å². The number of pyridine rings is 1. The average Bonchev–Trinajstić information content (AvgIpc) is 3.08. The standard InChI is InChI=1S/C13H11N3O3S/c1-18-11-3-2-8(7-14-11)6-10-15-13(19-16-10)12-9(17)4-5-20-12/h2-5,7,17H,6H2,1H3. The summed E-state index contributed by atoms with van der Waals surface area (Å²) in [5.74, 6) is 1.58. The van der Waals surface area contributed by atoms with E-state index in [4.69, 9.17) is 9.26 Å². The fraction of sp³-hybridized carbons (Fsp3) is 0.154. The fourth-order valence-electron chi connectivity index (χ4n) is 1.70. The number of methoxy groups -OCH3 is 1. The lowest BCUT2D eigenvalue weighted by atomic mass is 10.2. The molecule has 0 aliphatic rings. The van der Waals surface area contributed by atoms with E-state index in [1.165, 1.54) is 11.3 Å². The number of aromatic hydroxyl groups is 1. The predicted molar refractivity (Wildman–Crippen MR) is 72.9 cm³/mol. The molecule has 0 atom stereocenters. The molecule has 3 aromatic heterocycles. The molecule has 0 unspecified atom stereocenters. The van der Waals surface area contributed by atoms with Crippen LogP contribution in [0.2, 0.25) is 0 Å². The maximum Gasteiger partial charge on any atom is 0.271 e. The summed E-state index contributed by atoms with van der Waals surface area (Å²) in [6.45, 7) is 0. The molecule has 0 aliphatic heterocycles. The fourth-order valence-corrected chi connectivity index (χ4v) is 2.40. The Morgan fingerprint density at radius 3 is 2.90 bits per heavy atom. The summed E-state index contributed by atoms with van der Waals surface area (Å²) >= 11 is 1.35. The van der Waals surface area contributed by atoms with Gasteiger partial charge in [-0.1, -0.05) is 11.2 Å². The number of hydrogen-bond acceptors (Lipinski definition) is 7. The van der Waals surface area contributed by atoms with Crippen molar-refractivity contribution in [3.05, 3.63) is 41.2 Å². The first-order valence-electron chi connectivity index (χ1n) is 5.84. The van der Waals surface area contributed by atoms with Crippen LogP contribution in [0.5, 0.6) is 11.6 Å². The number of hydrogen-bond donors (Lipinski definition) is 1. The van der Waals surface area contributed by atoms with E-state index >= 15 is 0 Å². The quantitative estimate of drug-likeness (QED) is 0.794. The maximum atomic E-state index is 9.62. The highest BCUT2D eigenvalue weighted by molar-refractivity contribution is 7.13. The van der Waals surface area contributed by atoms with Crippen molar-refractivity contribution in [1.82, 2.24) is 15.1 Å². The highest BCUT2D eigenvalue weighted by atomic mass is 32.1. The van der Waals surface area contributed by atoms with Crippen LogP contribution in [-0.4, -0.2) is 27.3 Å². The Morgan fingerprint density at radius 1 is 1.35 bits per heavy atom. The third-order valence-corrected chi connectivity index (χ3v) is 3.57. The first kappa shape index (κ1) is 12.6. The number of aromatic nitrogens is 3. The zero-order chi connectivity index (χ0) is 13.9. The third kappa shape index (κ3) is 2.48. The number of rotatable bonds is 4. The van der Waals surface area contributed by atoms with Gasteiger partial charge in [-0.2, -0.15) is 4.98 Å². The minimum atomic E-state index is 0.149. The minimum Gasteiger partial charge on any atom is -0.506 e. The Hall–Kier alpha value is -2.41. The molecule has 7 heteroatoms. The molecule has 0 saturated carbocycles. The van der Waals surface area contributed by atoms with Crippen molar-refractivity contribution in [2.45, 2.75) is 6.42 Å². The summed E-state index contributed by atoms with van der Waals surface area (Å²) in [5.41, 5.74) is 0.952. The van der Waals surface area contributed by atoms with Crippen LogP contribution in [0.3, 0.4) is 0 Å². The van der Waals surface area contributed by atoms with Crippen LogP contribution in [0.1, 0.15) is 11.4 Å². The van der Waals surface area contributed by atoms with E-state index < -0.39 is 0 Å². The maximum absolute atomic E-state index is 9.62. The van der Waals surface area contributed by atoms with Gasteiger partial charge in [0.15, 0.2) is 5.82 Å². The molecule has 3 heterocycles. The predicted octanol–water partition coefficient (Wildman–Crippen LogP) is 2.50. The van der Waals surface area contributed by atoms with Crippen LogP contribution >= 0.6 is 11.3 Å². The Morgan fingerprint density at radius 2 is 2.25 bits per heavy atom. The van der Waals surface area contributed by atoms with Gasteiger partial charge in [-0.25, -0.2) is 4.98 Å². The molecule has 1 N–H and O–H groups in total. The molecule has 0 aromatic carbocycles. The van der Waals surface area contributed by atoms with Crippen LogP contribution in [-0.2, 0) is 6.42 Å². The number of ether oxygens (including phenoxy) is 1. The van der Waals surface area contributed by atoms with Gasteiger partial charge in [0.2, 0.25) is 5.88 Å². The second kappa shape index (κ2) is 5.30. The van der Waals surface area contributed by atoms with Gasteiger partial charge >= 0.3 is 0 Å². The summed E-state index contributed by atoms with van der Waals surface area (Å²) in [6, 6.07) is 5.27. The van der Waals surface area contributed by atoms with Gasteiger partial charge in [0, 0.05) is 18.7 Å². The van der Waals surface area contributed by atoms with Crippen molar-refractivity contribution < 1.29 is 14.4 Å². The van der Waals surface area contributed by atoms with Crippen molar-refractivity contribution in [2.24, 2.45) is 0 Å². The van der Waals surface area contributed by atoms with Crippen molar-refractivity contribution in [1.29, 1.82) is 0 Å². The number of thiophene rings is 1. The molecule has 3 aromatic rings. The smallest absolute Gasteiger partial charge is 0.271 e. The Labute approximate surface area is 118 Å². The molecular formula is C13H11N3O3S. The highest BCUT2D eigenvalue weighted by Gasteiger charge is 2.14. The summed E-state index contributed by atoms with van der Waals surface area (Å²) in [6.07, 6.45) is 2.21. The SMILES string of the molecule is COc1ccc(Cc2noc(-c3sccc3O)n2)cn1. The van der Waals surface area contributed by atoms with Crippen LogP contribution in [0.25, 0.3) is 10.8 Å². The molecule has 3 rings (SSSR count). The minimum absolute atomic E-state index is 0.149. The Balaban J connectivity index is 1.78. The summed E-state index contributed by atoms with van der Waals surface area (Å²) in [4.78, 5) is 8.96. The van der Waals surface area contributed by atoms with E-state index in [1.54, 1.807) is 30.8 Å². The molecule has 0 bridgehead atoms. The molecule has 102 valence electrons. The molecule has 20 heavy (non-hydrogen) atoms. The first-order chi connectivity index (χ1) is 9.76. The van der Waals surface area contributed by atoms with E-state index in [9.17, 15) is 5.11 Å². The molecule has 0 fully saturated rings.